The van der Waals surface area contributed by atoms with Gasteiger partial charge in [0, 0.05) is 21.8 Å². The average Bonchev–Trinajstić information content (AvgIpc) is 2.42. The predicted molar refractivity (Wildman–Crippen MR) is 90.0 cm³/mol. The summed E-state index contributed by atoms with van der Waals surface area (Å²) in [4.78, 5) is 11.8. The molecule has 2 rings (SSSR count). The lowest BCUT2D eigenvalue weighted by Crippen LogP contribution is -2.08. The zero-order valence-corrected chi connectivity index (χ0v) is 13.0. The molecule has 0 saturated heterocycles. The standard InChI is InChI=1S/C15H11Cl3N2O/c16-10-3-1-9(13(18)7-10)2-6-15(21)20-11-4-5-12(17)14(19)8-11/h1-8H,19H2,(H,20,21)/b6-2+. The molecule has 0 aliphatic carbocycles. The van der Waals surface area contributed by atoms with E-state index in [1.807, 2.05) is 0 Å². The van der Waals surface area contributed by atoms with Gasteiger partial charge in [-0.15, -0.1) is 0 Å². The van der Waals surface area contributed by atoms with E-state index in [1.54, 1.807) is 42.5 Å². The molecule has 0 aromatic heterocycles. The highest BCUT2D eigenvalue weighted by Crippen LogP contribution is 2.23. The Kier molecular flexibility index (Phi) is 5.12. The number of rotatable bonds is 3. The zero-order chi connectivity index (χ0) is 15.4. The van der Waals surface area contributed by atoms with E-state index in [1.165, 1.54) is 6.08 Å². The molecule has 0 bridgehead atoms. The molecule has 3 N–H and O–H groups in total. The number of amides is 1. The van der Waals surface area contributed by atoms with Crippen LogP contribution in [0.4, 0.5) is 11.4 Å². The Morgan fingerprint density at radius 3 is 2.48 bits per heavy atom. The lowest BCUT2D eigenvalue weighted by molar-refractivity contribution is -0.111. The first-order valence-electron chi connectivity index (χ1n) is 5.95. The molecule has 6 heteroatoms. The van der Waals surface area contributed by atoms with Crippen molar-refractivity contribution in [3.8, 4) is 0 Å². The number of anilines is 2. The summed E-state index contributed by atoms with van der Waals surface area (Å²) in [6, 6.07) is 9.91. The number of hydrogen-bond acceptors (Lipinski definition) is 2. The maximum absolute atomic E-state index is 11.8. The molecule has 0 fully saturated rings. The van der Waals surface area contributed by atoms with Crippen molar-refractivity contribution in [2.24, 2.45) is 0 Å². The molecule has 3 nitrogen and oxygen atoms in total. The maximum atomic E-state index is 11.8. The summed E-state index contributed by atoms with van der Waals surface area (Å²) in [5.41, 5.74) is 7.33. The highest BCUT2D eigenvalue weighted by atomic mass is 35.5. The number of hydrogen-bond donors (Lipinski definition) is 2. The number of nitrogens with two attached hydrogens (primary N) is 1. The zero-order valence-electron chi connectivity index (χ0n) is 10.7. The van der Waals surface area contributed by atoms with Crippen molar-refractivity contribution in [3.63, 3.8) is 0 Å². The van der Waals surface area contributed by atoms with E-state index < -0.39 is 0 Å². The summed E-state index contributed by atoms with van der Waals surface area (Å²) < 4.78 is 0. The summed E-state index contributed by atoms with van der Waals surface area (Å²) in [5.74, 6) is -0.303. The van der Waals surface area contributed by atoms with Crippen LogP contribution in [0.15, 0.2) is 42.5 Å². The fourth-order valence-electron chi connectivity index (χ4n) is 1.61. The second-order valence-corrected chi connectivity index (χ2v) is 5.48. The van der Waals surface area contributed by atoms with Crippen molar-refractivity contribution in [2.75, 3.05) is 11.1 Å². The van der Waals surface area contributed by atoms with Crippen LogP contribution >= 0.6 is 34.8 Å². The number of halogens is 3. The molecule has 0 heterocycles. The number of nitrogens with one attached hydrogen (secondary N) is 1. The first-order chi connectivity index (χ1) is 9.95. The Morgan fingerprint density at radius 2 is 1.81 bits per heavy atom. The van der Waals surface area contributed by atoms with Gasteiger partial charge in [-0.1, -0.05) is 40.9 Å². The monoisotopic (exact) mass is 340 g/mol. The highest BCUT2D eigenvalue weighted by molar-refractivity contribution is 6.35. The molecule has 21 heavy (non-hydrogen) atoms. The van der Waals surface area contributed by atoms with Gasteiger partial charge in [-0.25, -0.2) is 0 Å². The molecule has 0 saturated carbocycles. The van der Waals surface area contributed by atoms with E-state index in [-0.39, 0.29) is 5.91 Å². The Hall–Kier alpha value is -1.68. The molecule has 0 radical (unpaired) electrons. The Bertz CT molecular complexity index is 714. The molecular formula is C15H11Cl3N2O. The lowest BCUT2D eigenvalue weighted by atomic mass is 10.2. The van der Waals surface area contributed by atoms with Crippen LogP contribution in [0.2, 0.25) is 15.1 Å². The van der Waals surface area contributed by atoms with E-state index in [4.69, 9.17) is 40.5 Å². The van der Waals surface area contributed by atoms with Crippen LogP contribution in [-0.4, -0.2) is 5.91 Å². The molecule has 0 unspecified atom stereocenters. The number of benzene rings is 2. The molecule has 2 aromatic carbocycles. The Morgan fingerprint density at radius 1 is 1.05 bits per heavy atom. The van der Waals surface area contributed by atoms with E-state index in [0.717, 1.165) is 0 Å². The van der Waals surface area contributed by atoms with Crippen molar-refractivity contribution in [2.45, 2.75) is 0 Å². The highest BCUT2D eigenvalue weighted by Gasteiger charge is 2.02. The smallest absolute Gasteiger partial charge is 0.248 e. The van der Waals surface area contributed by atoms with Gasteiger partial charge < -0.3 is 11.1 Å². The minimum Gasteiger partial charge on any atom is -0.397 e. The number of carbonyl (C=O) groups excluding carboxylic acids is 1. The topological polar surface area (TPSA) is 55.1 Å². The van der Waals surface area contributed by atoms with Gasteiger partial charge in [0.2, 0.25) is 5.91 Å². The van der Waals surface area contributed by atoms with E-state index >= 15 is 0 Å². The normalized spacial score (nSPS) is 10.8. The van der Waals surface area contributed by atoms with E-state index in [9.17, 15) is 4.79 Å². The van der Waals surface area contributed by atoms with Gasteiger partial charge in [-0.3, -0.25) is 4.79 Å². The van der Waals surface area contributed by atoms with Gasteiger partial charge in [0.1, 0.15) is 0 Å². The fraction of sp³-hybridized carbons (Fsp3) is 0. The first kappa shape index (κ1) is 15.7. The molecule has 0 spiro atoms. The van der Waals surface area contributed by atoms with Crippen molar-refractivity contribution in [3.05, 3.63) is 63.1 Å². The summed E-state index contributed by atoms with van der Waals surface area (Å²) >= 11 is 17.6. The van der Waals surface area contributed by atoms with E-state index in [2.05, 4.69) is 5.32 Å². The second kappa shape index (κ2) is 6.85. The number of carbonyl (C=O) groups is 1. The third-order valence-electron chi connectivity index (χ3n) is 2.64. The number of nitrogen functional groups attached to an aromatic ring is 1. The first-order valence-corrected chi connectivity index (χ1v) is 7.08. The quantitative estimate of drug-likeness (QED) is 0.617. The van der Waals surface area contributed by atoms with Gasteiger partial charge in [0.05, 0.1) is 10.7 Å². The van der Waals surface area contributed by atoms with Gasteiger partial charge in [-0.2, -0.15) is 0 Å². The van der Waals surface area contributed by atoms with Crippen molar-refractivity contribution in [1.82, 2.24) is 0 Å². The second-order valence-electron chi connectivity index (χ2n) is 4.22. The maximum Gasteiger partial charge on any atom is 0.248 e. The van der Waals surface area contributed by atoms with Crippen LogP contribution in [0.5, 0.6) is 0 Å². The van der Waals surface area contributed by atoms with Gasteiger partial charge in [-0.05, 0) is 42.0 Å². The van der Waals surface area contributed by atoms with Gasteiger partial charge in [0.25, 0.3) is 0 Å². The predicted octanol–water partition coefficient (Wildman–Crippen LogP) is 4.88. The molecule has 2 aromatic rings. The third kappa shape index (κ3) is 4.39. The van der Waals surface area contributed by atoms with Crippen molar-refractivity contribution < 1.29 is 4.79 Å². The molecule has 0 aliphatic heterocycles. The molecular weight excluding hydrogens is 331 g/mol. The molecule has 108 valence electrons. The minimum atomic E-state index is -0.303. The van der Waals surface area contributed by atoms with Crippen LogP contribution in [0.3, 0.4) is 0 Å². The molecule has 0 atom stereocenters. The summed E-state index contributed by atoms with van der Waals surface area (Å²) in [7, 11) is 0. The van der Waals surface area contributed by atoms with Gasteiger partial charge >= 0.3 is 0 Å². The summed E-state index contributed by atoms with van der Waals surface area (Å²) in [6.07, 6.45) is 2.98. The molecule has 0 aliphatic rings. The SMILES string of the molecule is Nc1cc(NC(=O)/C=C/c2ccc(Cl)cc2Cl)ccc1Cl. The van der Waals surface area contributed by atoms with Crippen LogP contribution in [0.1, 0.15) is 5.56 Å². The fourth-order valence-corrected chi connectivity index (χ4v) is 2.20. The summed E-state index contributed by atoms with van der Waals surface area (Å²) in [5, 5.41) is 4.13. The van der Waals surface area contributed by atoms with E-state index in [0.29, 0.717) is 32.0 Å². The van der Waals surface area contributed by atoms with Crippen LogP contribution in [0.25, 0.3) is 6.08 Å². The van der Waals surface area contributed by atoms with Crippen LogP contribution in [-0.2, 0) is 4.79 Å². The van der Waals surface area contributed by atoms with Crippen molar-refractivity contribution >= 4 is 58.2 Å². The van der Waals surface area contributed by atoms with Gasteiger partial charge in [0.15, 0.2) is 0 Å². The minimum absolute atomic E-state index is 0.303. The largest absolute Gasteiger partial charge is 0.397 e. The lowest BCUT2D eigenvalue weighted by Gasteiger charge is -2.04. The molecule has 1 amide bonds. The Labute approximate surface area is 137 Å². The third-order valence-corrected chi connectivity index (χ3v) is 3.55. The van der Waals surface area contributed by atoms with Crippen LogP contribution < -0.4 is 11.1 Å². The van der Waals surface area contributed by atoms with Crippen LogP contribution in [0, 0.1) is 0 Å². The average molecular weight is 342 g/mol. The Balaban J connectivity index is 2.07. The van der Waals surface area contributed by atoms with Crippen molar-refractivity contribution in [1.29, 1.82) is 0 Å². The summed E-state index contributed by atoms with van der Waals surface area (Å²) in [6.45, 7) is 0.